The van der Waals surface area contributed by atoms with Gasteiger partial charge >= 0.3 is 0 Å². The summed E-state index contributed by atoms with van der Waals surface area (Å²) >= 11 is 0. The fourth-order valence-corrected chi connectivity index (χ4v) is 2.51. The molecule has 0 aromatic heterocycles. The summed E-state index contributed by atoms with van der Waals surface area (Å²) in [6.45, 7) is 6.07. The molecule has 1 atom stereocenters. The van der Waals surface area contributed by atoms with Crippen LogP contribution in [-0.4, -0.2) is 49.1 Å². The second-order valence-electron chi connectivity index (χ2n) is 5.95. The van der Waals surface area contributed by atoms with Crippen molar-refractivity contribution in [1.82, 2.24) is 4.90 Å². The molecule has 134 valence electrons. The molecule has 24 heavy (non-hydrogen) atoms. The first-order chi connectivity index (χ1) is 11.0. The lowest BCUT2D eigenvalue weighted by molar-refractivity contribution is -0.116. The third-order valence-corrected chi connectivity index (χ3v) is 3.96. The minimum absolute atomic E-state index is 0. The van der Waals surface area contributed by atoms with E-state index in [9.17, 15) is 9.59 Å². The number of carbonyl (C=O) groups excluding carboxylic acids is 2. The van der Waals surface area contributed by atoms with E-state index in [0.29, 0.717) is 50.4 Å². The summed E-state index contributed by atoms with van der Waals surface area (Å²) in [7, 11) is 0. The van der Waals surface area contributed by atoms with Crippen LogP contribution < -0.4 is 11.1 Å². The van der Waals surface area contributed by atoms with Crippen molar-refractivity contribution in [2.24, 2.45) is 5.73 Å². The van der Waals surface area contributed by atoms with Gasteiger partial charge in [0.25, 0.3) is 5.91 Å². The zero-order valence-corrected chi connectivity index (χ0v) is 15.0. The SMILES string of the molecule is Cc1c(NC(=O)CCC(C)N)cccc1C(=O)N1CCOCC1.Cl. The Morgan fingerprint density at radius 1 is 1.33 bits per heavy atom. The van der Waals surface area contributed by atoms with E-state index < -0.39 is 0 Å². The molecule has 1 saturated heterocycles. The highest BCUT2D eigenvalue weighted by Crippen LogP contribution is 2.21. The Hall–Kier alpha value is -1.63. The molecule has 7 heteroatoms. The zero-order valence-electron chi connectivity index (χ0n) is 14.2. The molecule has 0 radical (unpaired) electrons. The minimum atomic E-state index is -0.0821. The van der Waals surface area contributed by atoms with Gasteiger partial charge in [0.2, 0.25) is 5.91 Å². The van der Waals surface area contributed by atoms with Crippen molar-refractivity contribution in [1.29, 1.82) is 0 Å². The number of carbonyl (C=O) groups is 2. The number of anilines is 1. The van der Waals surface area contributed by atoms with Crippen LogP contribution in [0.5, 0.6) is 0 Å². The molecule has 3 N–H and O–H groups in total. The molecule has 1 heterocycles. The van der Waals surface area contributed by atoms with Crippen LogP contribution in [-0.2, 0) is 9.53 Å². The van der Waals surface area contributed by atoms with Gasteiger partial charge in [0.1, 0.15) is 0 Å². The van der Waals surface area contributed by atoms with Gasteiger partial charge in [0.05, 0.1) is 13.2 Å². The van der Waals surface area contributed by atoms with Crippen LogP contribution in [0.1, 0.15) is 35.7 Å². The summed E-state index contributed by atoms with van der Waals surface area (Å²) in [6.07, 6.45) is 1.01. The first kappa shape index (κ1) is 20.4. The molecular weight excluding hydrogens is 330 g/mol. The van der Waals surface area contributed by atoms with Crippen molar-refractivity contribution in [2.45, 2.75) is 32.7 Å². The molecule has 1 aliphatic heterocycles. The van der Waals surface area contributed by atoms with Crippen LogP contribution in [0.2, 0.25) is 0 Å². The number of rotatable bonds is 5. The summed E-state index contributed by atoms with van der Waals surface area (Å²) in [6, 6.07) is 5.40. The molecule has 0 bridgehead atoms. The normalized spacial score (nSPS) is 15.4. The highest BCUT2D eigenvalue weighted by molar-refractivity contribution is 5.99. The zero-order chi connectivity index (χ0) is 16.8. The summed E-state index contributed by atoms with van der Waals surface area (Å²) in [5.41, 5.74) is 7.76. The molecule has 1 aromatic carbocycles. The Balaban J connectivity index is 0.00000288. The molecule has 1 unspecified atom stereocenters. The summed E-state index contributed by atoms with van der Waals surface area (Å²) in [5.74, 6) is -0.0983. The standard InChI is InChI=1S/C17H25N3O3.ClH/c1-12(18)6-7-16(21)19-15-5-3-4-14(13(15)2)17(22)20-8-10-23-11-9-20;/h3-5,12H,6-11,18H2,1-2H3,(H,19,21);1H. The minimum Gasteiger partial charge on any atom is -0.378 e. The molecular formula is C17H26ClN3O3. The Kier molecular flexibility index (Phi) is 8.18. The number of nitrogens with two attached hydrogens (primary N) is 1. The number of ether oxygens (including phenoxy) is 1. The van der Waals surface area contributed by atoms with Crippen molar-refractivity contribution in [3.05, 3.63) is 29.3 Å². The topological polar surface area (TPSA) is 84.7 Å². The molecule has 1 aliphatic rings. The van der Waals surface area contributed by atoms with Gasteiger partial charge in [-0.2, -0.15) is 0 Å². The molecule has 2 amide bonds. The maximum absolute atomic E-state index is 12.6. The summed E-state index contributed by atoms with van der Waals surface area (Å²) in [4.78, 5) is 26.4. The van der Waals surface area contributed by atoms with E-state index in [2.05, 4.69) is 5.32 Å². The van der Waals surface area contributed by atoms with Crippen molar-refractivity contribution >= 4 is 29.9 Å². The van der Waals surface area contributed by atoms with E-state index in [1.54, 1.807) is 17.0 Å². The second-order valence-corrected chi connectivity index (χ2v) is 5.95. The van der Waals surface area contributed by atoms with Gasteiger partial charge in [-0.05, 0) is 38.0 Å². The number of benzene rings is 1. The highest BCUT2D eigenvalue weighted by Gasteiger charge is 2.21. The Labute approximate surface area is 149 Å². The number of amides is 2. The molecule has 1 fully saturated rings. The Morgan fingerprint density at radius 2 is 2.00 bits per heavy atom. The first-order valence-corrected chi connectivity index (χ1v) is 8.01. The van der Waals surface area contributed by atoms with E-state index in [1.807, 2.05) is 19.9 Å². The lowest BCUT2D eigenvalue weighted by Gasteiger charge is -2.27. The van der Waals surface area contributed by atoms with Crippen LogP contribution in [0.15, 0.2) is 18.2 Å². The number of hydrogen-bond donors (Lipinski definition) is 2. The number of nitrogens with one attached hydrogen (secondary N) is 1. The van der Waals surface area contributed by atoms with Gasteiger partial charge in [0, 0.05) is 36.8 Å². The maximum Gasteiger partial charge on any atom is 0.254 e. The average molecular weight is 356 g/mol. The van der Waals surface area contributed by atoms with Crippen LogP contribution in [0.25, 0.3) is 0 Å². The lowest BCUT2D eigenvalue weighted by Crippen LogP contribution is -2.41. The van der Waals surface area contributed by atoms with Crippen LogP contribution in [0, 0.1) is 6.92 Å². The molecule has 6 nitrogen and oxygen atoms in total. The predicted molar refractivity (Wildman–Crippen MR) is 96.7 cm³/mol. The molecule has 0 saturated carbocycles. The number of hydrogen-bond acceptors (Lipinski definition) is 4. The molecule has 1 aromatic rings. The molecule has 2 rings (SSSR count). The second kappa shape index (κ2) is 9.61. The third-order valence-electron chi connectivity index (χ3n) is 3.96. The largest absolute Gasteiger partial charge is 0.378 e. The summed E-state index contributed by atoms with van der Waals surface area (Å²) in [5, 5.41) is 2.87. The van der Waals surface area contributed by atoms with Crippen LogP contribution >= 0.6 is 12.4 Å². The Morgan fingerprint density at radius 3 is 2.62 bits per heavy atom. The number of halogens is 1. The summed E-state index contributed by atoms with van der Waals surface area (Å²) < 4.78 is 5.28. The van der Waals surface area contributed by atoms with Gasteiger partial charge in [-0.25, -0.2) is 0 Å². The van der Waals surface area contributed by atoms with Gasteiger partial charge < -0.3 is 20.7 Å². The van der Waals surface area contributed by atoms with E-state index in [0.717, 1.165) is 5.56 Å². The quantitative estimate of drug-likeness (QED) is 0.845. The van der Waals surface area contributed by atoms with Gasteiger partial charge in [-0.1, -0.05) is 6.07 Å². The van der Waals surface area contributed by atoms with E-state index in [4.69, 9.17) is 10.5 Å². The molecule has 0 spiro atoms. The van der Waals surface area contributed by atoms with E-state index in [1.165, 1.54) is 0 Å². The number of nitrogens with zero attached hydrogens (tertiary/aromatic N) is 1. The van der Waals surface area contributed by atoms with E-state index >= 15 is 0 Å². The van der Waals surface area contributed by atoms with E-state index in [-0.39, 0.29) is 30.3 Å². The fourth-order valence-electron chi connectivity index (χ4n) is 2.51. The van der Waals surface area contributed by atoms with Crippen LogP contribution in [0.3, 0.4) is 0 Å². The smallest absolute Gasteiger partial charge is 0.254 e. The fraction of sp³-hybridized carbons (Fsp3) is 0.529. The lowest BCUT2D eigenvalue weighted by atomic mass is 10.0. The van der Waals surface area contributed by atoms with Crippen molar-refractivity contribution in [2.75, 3.05) is 31.6 Å². The van der Waals surface area contributed by atoms with Crippen molar-refractivity contribution in [3.8, 4) is 0 Å². The maximum atomic E-state index is 12.6. The van der Waals surface area contributed by atoms with Gasteiger partial charge in [-0.15, -0.1) is 12.4 Å². The van der Waals surface area contributed by atoms with Gasteiger partial charge in [0.15, 0.2) is 0 Å². The first-order valence-electron chi connectivity index (χ1n) is 8.01. The van der Waals surface area contributed by atoms with Gasteiger partial charge in [-0.3, -0.25) is 9.59 Å². The molecule has 0 aliphatic carbocycles. The average Bonchev–Trinajstić information content (AvgIpc) is 2.55. The number of morpholine rings is 1. The Bertz CT molecular complexity index is 572. The van der Waals surface area contributed by atoms with Crippen molar-refractivity contribution in [3.63, 3.8) is 0 Å². The highest BCUT2D eigenvalue weighted by atomic mass is 35.5. The third kappa shape index (κ3) is 5.47. The van der Waals surface area contributed by atoms with Crippen LogP contribution in [0.4, 0.5) is 5.69 Å². The predicted octanol–water partition coefficient (Wildman–Crippen LogP) is 1.96. The van der Waals surface area contributed by atoms with Crippen molar-refractivity contribution < 1.29 is 14.3 Å². The monoisotopic (exact) mass is 355 g/mol.